The van der Waals surface area contributed by atoms with E-state index in [1.165, 1.54) is 6.07 Å². The van der Waals surface area contributed by atoms with Crippen LogP contribution in [0.15, 0.2) is 18.2 Å². The average molecular weight is 266 g/mol. The highest BCUT2D eigenvalue weighted by Crippen LogP contribution is 2.30. The first-order valence-electron chi connectivity index (χ1n) is 5.68. The summed E-state index contributed by atoms with van der Waals surface area (Å²) in [5, 5.41) is 14.6. The third kappa shape index (κ3) is 2.33. The normalized spacial score (nSPS) is 11.0. The summed E-state index contributed by atoms with van der Waals surface area (Å²) in [7, 11) is 0. The van der Waals surface area contributed by atoms with Crippen LogP contribution in [0.3, 0.4) is 0 Å². The highest BCUT2D eigenvalue weighted by atomic mass is 19.1. The van der Waals surface area contributed by atoms with Gasteiger partial charge in [-0.25, -0.2) is 13.6 Å². The van der Waals surface area contributed by atoms with Gasteiger partial charge in [-0.2, -0.15) is 5.10 Å². The monoisotopic (exact) mass is 266 g/mol. The third-order valence-electron chi connectivity index (χ3n) is 2.81. The summed E-state index contributed by atoms with van der Waals surface area (Å²) >= 11 is 0. The van der Waals surface area contributed by atoms with Crippen molar-refractivity contribution in [2.75, 3.05) is 0 Å². The molecule has 0 fully saturated rings. The number of rotatable bonds is 3. The lowest BCUT2D eigenvalue weighted by atomic mass is 9.98. The molecule has 100 valence electrons. The van der Waals surface area contributed by atoms with E-state index >= 15 is 0 Å². The average Bonchev–Trinajstić information content (AvgIpc) is 2.78. The predicted octanol–water partition coefficient (Wildman–Crippen LogP) is 3.18. The van der Waals surface area contributed by atoms with Crippen LogP contribution in [-0.4, -0.2) is 21.3 Å². The molecule has 0 bridgehead atoms. The third-order valence-corrected chi connectivity index (χ3v) is 2.81. The number of hydrogen-bond donors (Lipinski definition) is 2. The number of aromatic amines is 1. The summed E-state index contributed by atoms with van der Waals surface area (Å²) in [4.78, 5) is 10.7. The zero-order valence-electron chi connectivity index (χ0n) is 10.4. The molecule has 0 saturated heterocycles. The van der Waals surface area contributed by atoms with Crippen molar-refractivity contribution >= 4 is 5.97 Å². The first-order valence-corrected chi connectivity index (χ1v) is 5.68. The van der Waals surface area contributed by atoms with Gasteiger partial charge in [0.15, 0.2) is 0 Å². The Morgan fingerprint density at radius 2 is 2.05 bits per heavy atom. The Kier molecular flexibility index (Phi) is 3.33. The number of carbonyl (C=O) groups is 1. The molecule has 0 saturated carbocycles. The van der Waals surface area contributed by atoms with E-state index in [-0.39, 0.29) is 22.9 Å². The van der Waals surface area contributed by atoms with E-state index in [4.69, 9.17) is 5.11 Å². The van der Waals surface area contributed by atoms with Crippen LogP contribution in [0.4, 0.5) is 8.78 Å². The van der Waals surface area contributed by atoms with Crippen molar-refractivity contribution in [3.63, 3.8) is 0 Å². The van der Waals surface area contributed by atoms with Crippen LogP contribution < -0.4 is 0 Å². The Labute approximate surface area is 108 Å². The lowest BCUT2D eigenvalue weighted by Gasteiger charge is -2.10. The van der Waals surface area contributed by atoms with Crippen molar-refractivity contribution in [3.05, 3.63) is 41.1 Å². The molecule has 6 heteroatoms. The van der Waals surface area contributed by atoms with E-state index in [1.54, 1.807) is 13.8 Å². The molecule has 4 nitrogen and oxygen atoms in total. The molecule has 0 radical (unpaired) electrons. The van der Waals surface area contributed by atoms with E-state index in [0.717, 1.165) is 12.1 Å². The van der Waals surface area contributed by atoms with Gasteiger partial charge in [-0.05, 0) is 23.6 Å². The minimum absolute atomic E-state index is 0.0603. The van der Waals surface area contributed by atoms with E-state index < -0.39 is 17.6 Å². The lowest BCUT2D eigenvalue weighted by molar-refractivity contribution is 0.0690. The number of benzene rings is 1. The predicted molar refractivity (Wildman–Crippen MR) is 65.0 cm³/mol. The number of H-pyrrole nitrogens is 1. The largest absolute Gasteiger partial charge is 0.477 e. The second kappa shape index (κ2) is 4.79. The number of aromatic carboxylic acids is 1. The van der Waals surface area contributed by atoms with Gasteiger partial charge in [0.05, 0.1) is 11.3 Å². The van der Waals surface area contributed by atoms with Gasteiger partial charge in [0.1, 0.15) is 17.3 Å². The lowest BCUT2D eigenvalue weighted by Crippen LogP contribution is -1.99. The van der Waals surface area contributed by atoms with Crippen LogP contribution >= 0.6 is 0 Å². The van der Waals surface area contributed by atoms with Crippen molar-refractivity contribution in [2.24, 2.45) is 0 Å². The molecule has 1 aromatic heterocycles. The number of nitrogens with zero attached hydrogens (tertiary/aromatic N) is 1. The highest BCUT2D eigenvalue weighted by molar-refractivity contribution is 5.86. The SMILES string of the molecule is CC(C)c1ccc(F)c(-c2cc(C(=O)O)[nH]n2)c1F. The van der Waals surface area contributed by atoms with Crippen molar-refractivity contribution in [3.8, 4) is 11.3 Å². The Morgan fingerprint density at radius 1 is 1.37 bits per heavy atom. The molecule has 0 spiro atoms. The molecule has 0 aliphatic carbocycles. The summed E-state index contributed by atoms with van der Waals surface area (Å²) in [6.45, 7) is 3.57. The summed E-state index contributed by atoms with van der Waals surface area (Å²) < 4.78 is 28.0. The maximum Gasteiger partial charge on any atom is 0.353 e. The first kappa shape index (κ1) is 13.2. The van der Waals surface area contributed by atoms with Gasteiger partial charge in [0.2, 0.25) is 0 Å². The van der Waals surface area contributed by atoms with Crippen LogP contribution in [0, 0.1) is 11.6 Å². The molecular formula is C13H12F2N2O2. The zero-order valence-corrected chi connectivity index (χ0v) is 10.4. The van der Waals surface area contributed by atoms with Gasteiger partial charge in [-0.3, -0.25) is 5.10 Å². The summed E-state index contributed by atoms with van der Waals surface area (Å²) in [6.07, 6.45) is 0. The second-order valence-corrected chi connectivity index (χ2v) is 4.45. The summed E-state index contributed by atoms with van der Waals surface area (Å²) in [6, 6.07) is 3.64. The van der Waals surface area contributed by atoms with Crippen molar-refractivity contribution in [1.29, 1.82) is 0 Å². The molecule has 2 aromatic rings. The molecule has 1 heterocycles. The highest BCUT2D eigenvalue weighted by Gasteiger charge is 2.20. The maximum atomic E-state index is 14.2. The minimum atomic E-state index is -1.24. The fourth-order valence-corrected chi connectivity index (χ4v) is 1.81. The first-order chi connectivity index (χ1) is 8.91. The molecule has 1 aromatic carbocycles. The quantitative estimate of drug-likeness (QED) is 0.896. The van der Waals surface area contributed by atoms with Crippen LogP contribution in [0.5, 0.6) is 0 Å². The molecule has 19 heavy (non-hydrogen) atoms. The Bertz CT molecular complexity index is 636. The number of hydrogen-bond acceptors (Lipinski definition) is 2. The van der Waals surface area contributed by atoms with Gasteiger partial charge in [0, 0.05) is 0 Å². The van der Waals surface area contributed by atoms with Crippen molar-refractivity contribution in [2.45, 2.75) is 19.8 Å². The Balaban J connectivity index is 2.60. The molecule has 0 aliphatic heterocycles. The van der Waals surface area contributed by atoms with Gasteiger partial charge in [-0.1, -0.05) is 19.9 Å². The van der Waals surface area contributed by atoms with E-state index in [1.807, 2.05) is 0 Å². The minimum Gasteiger partial charge on any atom is -0.477 e. The number of nitrogens with one attached hydrogen (secondary N) is 1. The van der Waals surface area contributed by atoms with Crippen LogP contribution in [0.1, 0.15) is 35.8 Å². The number of halogens is 2. The Hall–Kier alpha value is -2.24. The van der Waals surface area contributed by atoms with E-state index in [9.17, 15) is 13.6 Å². The molecule has 0 aliphatic rings. The van der Waals surface area contributed by atoms with Gasteiger partial charge >= 0.3 is 5.97 Å². The fourth-order valence-electron chi connectivity index (χ4n) is 1.81. The number of carboxylic acid groups (broad SMARTS) is 1. The van der Waals surface area contributed by atoms with Crippen molar-refractivity contribution < 1.29 is 18.7 Å². The fraction of sp³-hybridized carbons (Fsp3) is 0.231. The van der Waals surface area contributed by atoms with Crippen LogP contribution in [0.2, 0.25) is 0 Å². The molecule has 0 amide bonds. The maximum absolute atomic E-state index is 14.2. The van der Waals surface area contributed by atoms with Crippen molar-refractivity contribution in [1.82, 2.24) is 10.2 Å². The molecular weight excluding hydrogens is 254 g/mol. The Morgan fingerprint density at radius 3 is 2.58 bits per heavy atom. The van der Waals surface area contributed by atoms with Gasteiger partial charge in [0.25, 0.3) is 0 Å². The van der Waals surface area contributed by atoms with E-state index in [2.05, 4.69) is 10.2 Å². The molecule has 2 rings (SSSR count). The zero-order chi connectivity index (χ0) is 14.2. The second-order valence-electron chi connectivity index (χ2n) is 4.45. The smallest absolute Gasteiger partial charge is 0.353 e. The topological polar surface area (TPSA) is 66.0 Å². The van der Waals surface area contributed by atoms with Gasteiger partial charge < -0.3 is 5.11 Å². The van der Waals surface area contributed by atoms with Crippen LogP contribution in [-0.2, 0) is 0 Å². The number of carboxylic acids is 1. The summed E-state index contributed by atoms with van der Waals surface area (Å²) in [5.41, 5.74) is -0.232. The number of aromatic nitrogens is 2. The molecule has 0 unspecified atom stereocenters. The van der Waals surface area contributed by atoms with E-state index in [0.29, 0.717) is 5.56 Å². The molecule has 0 atom stereocenters. The van der Waals surface area contributed by atoms with Crippen LogP contribution in [0.25, 0.3) is 11.3 Å². The standard InChI is InChI=1S/C13H12F2N2O2/c1-6(2)7-3-4-8(14)11(12(7)15)9-5-10(13(18)19)17-16-9/h3-6H,1-2H3,(H,16,17)(H,18,19). The van der Waals surface area contributed by atoms with Gasteiger partial charge in [-0.15, -0.1) is 0 Å². The molecule has 2 N–H and O–H groups in total. The summed E-state index contributed by atoms with van der Waals surface area (Å²) in [5.74, 6) is -2.83.